The third kappa shape index (κ3) is 3.86. The molecule has 0 radical (unpaired) electrons. The van der Waals surface area contributed by atoms with E-state index < -0.39 is 0 Å². The molecule has 0 aliphatic carbocycles. The number of hydrogen-bond acceptors (Lipinski definition) is 4. The first-order valence-corrected chi connectivity index (χ1v) is 10.5. The zero-order valence-corrected chi connectivity index (χ0v) is 17.6. The lowest BCUT2D eigenvalue weighted by Gasteiger charge is -2.10. The summed E-state index contributed by atoms with van der Waals surface area (Å²) in [5, 5.41) is 22.7. The van der Waals surface area contributed by atoms with Gasteiger partial charge in [0.2, 0.25) is 5.88 Å². The van der Waals surface area contributed by atoms with Gasteiger partial charge in [-0.1, -0.05) is 60.7 Å². The molecular weight excluding hydrogens is 410 g/mol. The van der Waals surface area contributed by atoms with Crippen molar-refractivity contribution in [1.29, 1.82) is 5.26 Å². The van der Waals surface area contributed by atoms with Gasteiger partial charge in [0.05, 0.1) is 23.7 Å². The third-order valence-electron chi connectivity index (χ3n) is 5.70. The molecule has 33 heavy (non-hydrogen) atoms. The van der Waals surface area contributed by atoms with Crippen molar-refractivity contribution < 1.29 is 5.11 Å². The van der Waals surface area contributed by atoms with Gasteiger partial charge >= 0.3 is 0 Å². The highest BCUT2D eigenvalue weighted by molar-refractivity contribution is 6.05. The van der Waals surface area contributed by atoms with Crippen LogP contribution in [0.2, 0.25) is 0 Å². The Balaban J connectivity index is 1.64. The first-order chi connectivity index (χ1) is 16.1. The lowest BCUT2D eigenvalue weighted by Crippen LogP contribution is -2.08. The molecule has 0 atom stereocenters. The average molecular weight is 429 g/mol. The van der Waals surface area contributed by atoms with Crippen molar-refractivity contribution in [3.63, 3.8) is 0 Å². The number of aromatic amines is 1. The van der Waals surface area contributed by atoms with Gasteiger partial charge in [-0.25, -0.2) is 0 Å². The molecule has 2 N–H and O–H groups in total. The summed E-state index contributed by atoms with van der Waals surface area (Å²) in [6, 6.07) is 29.3. The van der Waals surface area contributed by atoms with E-state index in [-0.39, 0.29) is 11.4 Å². The molecule has 5 heteroatoms. The third-order valence-corrected chi connectivity index (χ3v) is 5.70. The number of aromatic hydroxyl groups is 1. The molecule has 5 aromatic rings. The molecule has 0 aliphatic heterocycles. The number of pyridine rings is 1. The van der Waals surface area contributed by atoms with Crippen LogP contribution in [0.4, 0.5) is 5.69 Å². The standard InChI is InChI=1S/C28H19N3O2/c29-15-14-18-8-11-21(12-9-18)30-17-26-25-16-20(10-13-24(25)27(32)31-28(26)33)23-7-3-5-19-4-1-2-6-22(19)23/h1-13,16-17H,14H2,(H2,31,32,33). The van der Waals surface area contributed by atoms with Gasteiger partial charge in [-0.05, 0) is 51.7 Å². The molecule has 1 heterocycles. The summed E-state index contributed by atoms with van der Waals surface area (Å²) in [5.74, 6) is -0.229. The van der Waals surface area contributed by atoms with Gasteiger partial charge in [-0.3, -0.25) is 14.8 Å². The summed E-state index contributed by atoms with van der Waals surface area (Å²) in [7, 11) is 0. The Morgan fingerprint density at radius 3 is 2.52 bits per heavy atom. The molecular formula is C28H19N3O2. The second-order valence-electron chi connectivity index (χ2n) is 7.76. The molecule has 0 fully saturated rings. The molecule has 0 aliphatic rings. The minimum atomic E-state index is -0.357. The first kappa shape index (κ1) is 20.2. The van der Waals surface area contributed by atoms with Crippen molar-refractivity contribution in [2.45, 2.75) is 6.42 Å². The zero-order chi connectivity index (χ0) is 22.8. The van der Waals surface area contributed by atoms with Crippen molar-refractivity contribution in [3.8, 4) is 23.1 Å². The Bertz CT molecular complexity index is 1620. The average Bonchev–Trinajstić information content (AvgIpc) is 2.84. The number of nitrogens with zero attached hydrogens (tertiary/aromatic N) is 2. The minimum absolute atomic E-state index is 0.229. The van der Waals surface area contributed by atoms with Crippen LogP contribution in [0.25, 0.3) is 32.7 Å². The molecule has 0 saturated carbocycles. The van der Waals surface area contributed by atoms with E-state index in [0.29, 0.717) is 28.4 Å². The zero-order valence-electron chi connectivity index (χ0n) is 17.6. The number of nitrogens with one attached hydrogen (secondary N) is 1. The van der Waals surface area contributed by atoms with Crippen LogP contribution in [0, 0.1) is 11.3 Å². The lowest BCUT2D eigenvalue weighted by atomic mass is 9.95. The molecule has 158 valence electrons. The predicted molar refractivity (Wildman–Crippen MR) is 132 cm³/mol. The van der Waals surface area contributed by atoms with Crippen molar-refractivity contribution in [2.75, 3.05) is 0 Å². The maximum Gasteiger partial charge on any atom is 0.258 e. The summed E-state index contributed by atoms with van der Waals surface area (Å²) in [4.78, 5) is 19.5. The number of hydrogen-bond donors (Lipinski definition) is 2. The SMILES string of the molecule is N#CCc1ccc(N=Cc2c(O)[nH]c(=O)c3ccc(-c4cccc5ccccc45)cc23)cc1. The van der Waals surface area contributed by atoms with Crippen molar-refractivity contribution in [2.24, 2.45) is 4.99 Å². The Hall–Kier alpha value is -4.69. The van der Waals surface area contributed by atoms with Gasteiger partial charge in [-0.15, -0.1) is 0 Å². The molecule has 0 saturated heterocycles. The number of aliphatic imine (C=N–C) groups is 1. The second-order valence-corrected chi connectivity index (χ2v) is 7.76. The van der Waals surface area contributed by atoms with Crippen LogP contribution in [-0.2, 0) is 6.42 Å². The molecule has 5 nitrogen and oxygen atoms in total. The highest BCUT2D eigenvalue weighted by Gasteiger charge is 2.12. The van der Waals surface area contributed by atoms with Crippen LogP contribution in [0.3, 0.4) is 0 Å². The molecule has 0 spiro atoms. The van der Waals surface area contributed by atoms with Crippen molar-refractivity contribution in [3.05, 3.63) is 106 Å². The molecule has 0 bridgehead atoms. The first-order valence-electron chi connectivity index (χ1n) is 10.5. The van der Waals surface area contributed by atoms with Gasteiger partial charge in [0.1, 0.15) is 0 Å². The largest absolute Gasteiger partial charge is 0.494 e. The van der Waals surface area contributed by atoms with E-state index in [2.05, 4.69) is 34.2 Å². The summed E-state index contributed by atoms with van der Waals surface area (Å²) in [6.07, 6.45) is 1.89. The Morgan fingerprint density at radius 1 is 0.909 bits per heavy atom. The van der Waals surface area contributed by atoms with E-state index in [9.17, 15) is 9.90 Å². The molecule has 5 rings (SSSR count). The number of aromatic nitrogens is 1. The monoisotopic (exact) mass is 429 g/mol. The van der Waals surface area contributed by atoms with Crippen molar-refractivity contribution in [1.82, 2.24) is 4.98 Å². The van der Waals surface area contributed by atoms with Crippen LogP contribution in [0.1, 0.15) is 11.1 Å². The second kappa shape index (κ2) is 8.45. The summed E-state index contributed by atoms with van der Waals surface area (Å²) in [6.45, 7) is 0. The van der Waals surface area contributed by atoms with Crippen LogP contribution >= 0.6 is 0 Å². The Labute approximate surface area is 189 Å². The fourth-order valence-electron chi connectivity index (χ4n) is 4.04. The quantitative estimate of drug-likeness (QED) is 0.350. The number of H-pyrrole nitrogens is 1. The maximum atomic E-state index is 12.5. The number of nitriles is 1. The Kier molecular flexibility index (Phi) is 5.18. The van der Waals surface area contributed by atoms with E-state index in [4.69, 9.17) is 5.26 Å². The number of rotatable bonds is 4. The van der Waals surface area contributed by atoms with Crippen LogP contribution in [0.15, 0.2) is 94.7 Å². The van der Waals surface area contributed by atoms with Crippen LogP contribution in [0.5, 0.6) is 5.88 Å². The van der Waals surface area contributed by atoms with E-state index in [1.807, 2.05) is 60.7 Å². The highest BCUT2D eigenvalue weighted by Crippen LogP contribution is 2.32. The highest BCUT2D eigenvalue weighted by atomic mass is 16.3. The number of benzene rings is 4. The van der Waals surface area contributed by atoms with Gasteiger partial charge in [0, 0.05) is 17.0 Å². The Morgan fingerprint density at radius 2 is 1.70 bits per heavy atom. The van der Waals surface area contributed by atoms with E-state index in [0.717, 1.165) is 27.5 Å². The topological polar surface area (TPSA) is 89.2 Å². The van der Waals surface area contributed by atoms with Gasteiger partial charge < -0.3 is 5.11 Å². The summed E-state index contributed by atoms with van der Waals surface area (Å²) >= 11 is 0. The van der Waals surface area contributed by atoms with E-state index >= 15 is 0 Å². The normalized spacial score (nSPS) is 11.2. The smallest absolute Gasteiger partial charge is 0.258 e. The molecule has 1 aromatic heterocycles. The van der Waals surface area contributed by atoms with Gasteiger partial charge in [-0.2, -0.15) is 5.26 Å². The van der Waals surface area contributed by atoms with Gasteiger partial charge in [0.25, 0.3) is 5.56 Å². The van der Waals surface area contributed by atoms with Crippen LogP contribution in [-0.4, -0.2) is 16.3 Å². The van der Waals surface area contributed by atoms with E-state index in [1.165, 1.54) is 0 Å². The van der Waals surface area contributed by atoms with Crippen molar-refractivity contribution >= 4 is 33.4 Å². The predicted octanol–water partition coefficient (Wildman–Crippen LogP) is 5.87. The van der Waals surface area contributed by atoms with Crippen LogP contribution < -0.4 is 5.56 Å². The maximum absolute atomic E-state index is 12.5. The molecule has 4 aromatic carbocycles. The molecule has 0 unspecified atom stereocenters. The number of fused-ring (bicyclic) bond motifs is 2. The lowest BCUT2D eigenvalue weighted by molar-refractivity contribution is 0.452. The fraction of sp³-hybridized carbons (Fsp3) is 0.0357. The fourth-order valence-corrected chi connectivity index (χ4v) is 4.04. The minimum Gasteiger partial charge on any atom is -0.494 e. The molecule has 0 amide bonds. The van der Waals surface area contributed by atoms with E-state index in [1.54, 1.807) is 12.3 Å². The summed E-state index contributed by atoms with van der Waals surface area (Å²) in [5.41, 5.74) is 3.66. The summed E-state index contributed by atoms with van der Waals surface area (Å²) < 4.78 is 0. The van der Waals surface area contributed by atoms with Gasteiger partial charge in [0.15, 0.2) is 0 Å².